The molecule has 2 unspecified atom stereocenters. The van der Waals surface area contributed by atoms with Gasteiger partial charge in [0.25, 0.3) is 6.35 Å². The Kier molecular flexibility index (Phi) is 9.74. The Bertz CT molecular complexity index is 465. The van der Waals surface area contributed by atoms with Gasteiger partial charge in [0.1, 0.15) is 0 Å². The van der Waals surface area contributed by atoms with E-state index in [9.17, 15) is 4.79 Å². The molecule has 0 heterocycles. The highest BCUT2D eigenvalue weighted by atomic mass is 35.5. The molecule has 0 aliphatic rings. The van der Waals surface area contributed by atoms with Gasteiger partial charge < -0.3 is 17.1 Å². The summed E-state index contributed by atoms with van der Waals surface area (Å²) in [6, 6.07) is 9.76. The molecule has 0 aromatic heterocycles. The molecule has 0 fully saturated rings. The van der Waals surface area contributed by atoms with E-state index in [1.807, 2.05) is 30.3 Å². The summed E-state index contributed by atoms with van der Waals surface area (Å²) in [5.74, 6) is -0.139. The van der Waals surface area contributed by atoms with E-state index >= 15 is 0 Å². The second-order valence-corrected chi connectivity index (χ2v) is 5.36. The van der Waals surface area contributed by atoms with Crippen LogP contribution in [0.3, 0.4) is 0 Å². The molecule has 1 aromatic carbocycles. The molecular weight excluding hydrogens is 300 g/mol. The van der Waals surface area contributed by atoms with Crippen molar-refractivity contribution in [2.75, 3.05) is 27.2 Å². The number of nitrogens with zero attached hydrogens (tertiary/aromatic N) is 1. The minimum absolute atomic E-state index is 0. The van der Waals surface area contributed by atoms with Crippen LogP contribution in [0, 0.1) is 0 Å². The molecule has 124 valence electrons. The molecule has 0 bridgehead atoms. The van der Waals surface area contributed by atoms with Crippen LogP contribution in [0.1, 0.15) is 25.8 Å². The first-order chi connectivity index (χ1) is 10.1. The molecule has 0 radical (unpaired) electrons. The number of halogens is 1. The Morgan fingerprint density at radius 1 is 1.32 bits per heavy atom. The maximum absolute atomic E-state index is 12.1. The van der Waals surface area contributed by atoms with Crippen molar-refractivity contribution in [3.63, 3.8) is 0 Å². The van der Waals surface area contributed by atoms with Crippen molar-refractivity contribution in [1.82, 2.24) is 5.32 Å². The lowest BCUT2D eigenvalue weighted by atomic mass is 10.2. The van der Waals surface area contributed by atoms with Crippen molar-refractivity contribution in [1.29, 1.82) is 0 Å². The first-order valence-electron chi connectivity index (χ1n) is 7.46. The van der Waals surface area contributed by atoms with Gasteiger partial charge in [0.05, 0.1) is 20.1 Å². The van der Waals surface area contributed by atoms with Crippen molar-refractivity contribution >= 4 is 12.0 Å². The van der Waals surface area contributed by atoms with Crippen molar-refractivity contribution in [2.24, 2.45) is 0 Å². The molecule has 0 spiro atoms. The van der Waals surface area contributed by atoms with Gasteiger partial charge in [-0.2, -0.15) is 0 Å². The first-order valence-corrected chi connectivity index (χ1v) is 7.46. The highest BCUT2D eigenvalue weighted by Gasteiger charge is 2.31. The van der Waals surface area contributed by atoms with Crippen LogP contribution in [-0.4, -0.2) is 44.0 Å². The van der Waals surface area contributed by atoms with Gasteiger partial charge in [-0.05, 0) is 25.0 Å². The van der Waals surface area contributed by atoms with Crippen LogP contribution >= 0.6 is 0 Å². The van der Waals surface area contributed by atoms with Gasteiger partial charge in [-0.15, -0.1) is 0 Å². The van der Waals surface area contributed by atoms with Gasteiger partial charge in [0.15, 0.2) is 0 Å². The van der Waals surface area contributed by atoms with Crippen molar-refractivity contribution in [3.8, 4) is 0 Å². The Morgan fingerprint density at radius 3 is 2.45 bits per heavy atom. The number of carbonyl (C=O) groups is 1. The summed E-state index contributed by atoms with van der Waals surface area (Å²) in [7, 11) is 3.73. The van der Waals surface area contributed by atoms with E-state index in [1.165, 1.54) is 0 Å². The lowest BCUT2D eigenvalue weighted by Crippen LogP contribution is -3.00. The fourth-order valence-electron chi connectivity index (χ4n) is 2.33. The molecule has 2 atom stereocenters. The quantitative estimate of drug-likeness (QED) is 0.402. The highest BCUT2D eigenvalue weighted by Crippen LogP contribution is 2.10. The van der Waals surface area contributed by atoms with E-state index in [2.05, 4.69) is 26.2 Å². The van der Waals surface area contributed by atoms with Crippen LogP contribution in [0.15, 0.2) is 36.4 Å². The van der Waals surface area contributed by atoms with Crippen LogP contribution in [-0.2, 0) is 9.53 Å². The smallest absolute Gasteiger partial charge is 0.276 e. The summed E-state index contributed by atoms with van der Waals surface area (Å²) in [6.45, 7) is 6.09. The molecular formula is C17H27ClN2O2. The topological polar surface area (TPSA) is 38.3 Å². The van der Waals surface area contributed by atoms with Crippen LogP contribution in [0.5, 0.6) is 0 Å². The minimum atomic E-state index is -0.331. The number of rotatable bonds is 8. The average molecular weight is 327 g/mol. The SMILES string of the molecule is CCC[N+](C)(CC)C(NC(=O)C=Cc1ccccc1)OC.[Cl-]. The summed E-state index contributed by atoms with van der Waals surface area (Å²) in [5, 5.41) is 2.94. The first kappa shape index (κ1) is 20.6. The molecule has 4 nitrogen and oxygen atoms in total. The molecule has 0 aliphatic carbocycles. The third-order valence-corrected chi connectivity index (χ3v) is 3.74. The molecule has 1 N–H and O–H groups in total. The average Bonchev–Trinajstić information content (AvgIpc) is 2.51. The Morgan fingerprint density at radius 2 is 1.95 bits per heavy atom. The van der Waals surface area contributed by atoms with Crippen molar-refractivity contribution in [2.45, 2.75) is 26.6 Å². The summed E-state index contributed by atoms with van der Waals surface area (Å²) in [5.41, 5.74) is 1.00. The van der Waals surface area contributed by atoms with Crippen molar-refractivity contribution < 1.29 is 26.4 Å². The molecule has 1 rings (SSSR count). The van der Waals surface area contributed by atoms with Crippen LogP contribution in [0.4, 0.5) is 0 Å². The van der Waals surface area contributed by atoms with E-state index in [1.54, 1.807) is 19.3 Å². The van der Waals surface area contributed by atoms with Gasteiger partial charge >= 0.3 is 0 Å². The Balaban J connectivity index is 0.00000441. The van der Waals surface area contributed by atoms with Gasteiger partial charge in [-0.25, -0.2) is 0 Å². The Hall–Kier alpha value is -1.36. The summed E-state index contributed by atoms with van der Waals surface area (Å²) in [6.07, 6.45) is 4.06. The summed E-state index contributed by atoms with van der Waals surface area (Å²) >= 11 is 0. The van der Waals surface area contributed by atoms with E-state index in [-0.39, 0.29) is 24.7 Å². The second-order valence-electron chi connectivity index (χ2n) is 5.36. The fraction of sp³-hybridized carbons (Fsp3) is 0.471. The van der Waals surface area contributed by atoms with Gasteiger partial charge in [-0.1, -0.05) is 37.3 Å². The molecule has 5 heteroatoms. The zero-order chi connectivity index (χ0) is 15.7. The largest absolute Gasteiger partial charge is 1.00 e. The third kappa shape index (κ3) is 6.18. The lowest BCUT2D eigenvalue weighted by Gasteiger charge is -2.39. The van der Waals surface area contributed by atoms with Gasteiger partial charge in [0.2, 0.25) is 5.91 Å². The minimum Gasteiger partial charge on any atom is -1.00 e. The molecule has 0 saturated carbocycles. The van der Waals surface area contributed by atoms with Gasteiger partial charge in [0, 0.05) is 13.2 Å². The van der Waals surface area contributed by atoms with E-state index in [0.29, 0.717) is 4.48 Å². The standard InChI is InChI=1S/C17H26N2O2.ClH/c1-5-14-19(3,6-2)17(21-4)18-16(20)13-12-15-10-8-7-9-11-15;/h7-13,17H,5-6,14H2,1-4H3;1H. The predicted molar refractivity (Wildman–Crippen MR) is 86.3 cm³/mol. The van der Waals surface area contributed by atoms with Crippen LogP contribution < -0.4 is 17.7 Å². The number of methoxy groups -OCH3 is 1. The number of quaternary nitrogens is 1. The molecule has 0 saturated heterocycles. The zero-order valence-corrected chi connectivity index (χ0v) is 14.6. The number of hydrogen-bond acceptors (Lipinski definition) is 2. The maximum atomic E-state index is 12.1. The third-order valence-electron chi connectivity index (χ3n) is 3.74. The number of ether oxygens (including phenoxy) is 1. The fourth-order valence-corrected chi connectivity index (χ4v) is 2.33. The highest BCUT2D eigenvalue weighted by molar-refractivity contribution is 5.91. The molecule has 22 heavy (non-hydrogen) atoms. The van der Waals surface area contributed by atoms with Gasteiger partial charge in [-0.3, -0.25) is 14.6 Å². The second kappa shape index (κ2) is 10.4. The number of benzene rings is 1. The van der Waals surface area contributed by atoms with Crippen LogP contribution in [0.2, 0.25) is 0 Å². The van der Waals surface area contributed by atoms with E-state index in [0.717, 1.165) is 25.1 Å². The monoisotopic (exact) mass is 326 g/mol. The predicted octanol–water partition coefficient (Wildman–Crippen LogP) is -0.373. The molecule has 1 amide bonds. The number of carbonyl (C=O) groups excluding carboxylic acids is 1. The van der Waals surface area contributed by atoms with E-state index in [4.69, 9.17) is 4.74 Å². The molecule has 1 aromatic rings. The zero-order valence-electron chi connectivity index (χ0n) is 13.9. The summed E-state index contributed by atoms with van der Waals surface area (Å²) < 4.78 is 6.15. The number of hydrogen-bond donors (Lipinski definition) is 1. The van der Waals surface area contributed by atoms with E-state index < -0.39 is 0 Å². The van der Waals surface area contributed by atoms with Crippen molar-refractivity contribution in [3.05, 3.63) is 42.0 Å². The lowest BCUT2D eigenvalue weighted by molar-refractivity contribution is -0.955. The number of amides is 1. The van der Waals surface area contributed by atoms with Crippen LogP contribution in [0.25, 0.3) is 6.08 Å². The number of nitrogens with one attached hydrogen (secondary N) is 1. The summed E-state index contributed by atoms with van der Waals surface area (Å²) in [4.78, 5) is 12.1. The normalized spacial score (nSPS) is 14.9. The molecule has 0 aliphatic heterocycles. The maximum Gasteiger partial charge on any atom is 0.276 e. The Labute approximate surface area is 140 Å².